The van der Waals surface area contributed by atoms with E-state index in [1.165, 1.54) is 0 Å². The molecule has 0 saturated heterocycles. The first kappa shape index (κ1) is 20.3. The minimum absolute atomic E-state index is 0.250. The van der Waals surface area contributed by atoms with Crippen molar-refractivity contribution < 1.29 is 9.53 Å². The first-order valence-corrected chi connectivity index (χ1v) is 9.63. The van der Waals surface area contributed by atoms with Gasteiger partial charge in [0.1, 0.15) is 11.4 Å². The van der Waals surface area contributed by atoms with Crippen LogP contribution in [0.3, 0.4) is 0 Å². The molecule has 2 aromatic carbocycles. The Labute approximate surface area is 171 Å². The Morgan fingerprint density at radius 2 is 1.79 bits per heavy atom. The number of hydrogen-bond donors (Lipinski definition) is 2. The first-order valence-electron chi connectivity index (χ1n) is 9.63. The predicted molar refractivity (Wildman–Crippen MR) is 116 cm³/mol. The normalized spacial score (nSPS) is 10.5. The Bertz CT molecular complexity index is 1020. The molecule has 0 saturated carbocycles. The number of nitrogens with one attached hydrogen (secondary N) is 2. The fraction of sp³-hybridized carbons (Fsp3) is 0.261. The van der Waals surface area contributed by atoms with Gasteiger partial charge >= 0.3 is 0 Å². The van der Waals surface area contributed by atoms with Crippen molar-refractivity contribution in [2.45, 2.75) is 33.7 Å². The molecular weight excluding hydrogens is 364 g/mol. The quantitative estimate of drug-likeness (QED) is 0.620. The standard InChI is InChI=1S/C23H26N4O2/c1-5-17-11-8-9-15(2)21(17)27-22(28)19-13-16(3)25-23(26-19)24-14-18-10-6-7-12-20(18)29-4/h6-13H,5,14H2,1-4H3,(H,27,28)(H,24,25,26). The van der Waals surface area contributed by atoms with Crippen LogP contribution in [0.1, 0.15) is 39.8 Å². The van der Waals surface area contributed by atoms with Crippen molar-refractivity contribution in [1.29, 1.82) is 0 Å². The molecule has 3 aromatic rings. The molecule has 0 spiro atoms. The summed E-state index contributed by atoms with van der Waals surface area (Å²) in [6.07, 6.45) is 0.839. The van der Waals surface area contributed by atoms with E-state index in [1.54, 1.807) is 13.2 Å². The maximum atomic E-state index is 12.9. The SMILES string of the molecule is CCc1cccc(C)c1NC(=O)c1cc(C)nc(NCc2ccccc2OC)n1. The molecule has 0 fully saturated rings. The number of anilines is 2. The first-order chi connectivity index (χ1) is 14.0. The molecule has 0 aliphatic heterocycles. The number of benzene rings is 2. The minimum Gasteiger partial charge on any atom is -0.496 e. The smallest absolute Gasteiger partial charge is 0.274 e. The molecule has 0 bridgehead atoms. The molecule has 150 valence electrons. The lowest BCUT2D eigenvalue weighted by molar-refractivity contribution is 0.102. The minimum atomic E-state index is -0.250. The van der Waals surface area contributed by atoms with Crippen LogP contribution in [0.5, 0.6) is 5.75 Å². The molecule has 6 heteroatoms. The van der Waals surface area contributed by atoms with E-state index in [0.29, 0.717) is 23.9 Å². The van der Waals surface area contributed by atoms with Crippen LogP contribution in [0.15, 0.2) is 48.5 Å². The Morgan fingerprint density at radius 1 is 1.03 bits per heavy atom. The zero-order valence-corrected chi connectivity index (χ0v) is 17.2. The molecule has 0 aliphatic carbocycles. The molecular formula is C23H26N4O2. The Morgan fingerprint density at radius 3 is 2.55 bits per heavy atom. The molecule has 0 radical (unpaired) electrons. The molecule has 3 rings (SSSR count). The fourth-order valence-electron chi connectivity index (χ4n) is 3.17. The summed E-state index contributed by atoms with van der Waals surface area (Å²) in [5.41, 5.74) is 4.99. The second-order valence-corrected chi connectivity index (χ2v) is 6.80. The summed E-state index contributed by atoms with van der Waals surface area (Å²) in [6.45, 7) is 6.39. The topological polar surface area (TPSA) is 76.1 Å². The maximum Gasteiger partial charge on any atom is 0.274 e. The van der Waals surface area contributed by atoms with Gasteiger partial charge in [-0.25, -0.2) is 9.97 Å². The van der Waals surface area contributed by atoms with Crippen molar-refractivity contribution >= 4 is 17.5 Å². The van der Waals surface area contributed by atoms with Gasteiger partial charge < -0.3 is 15.4 Å². The van der Waals surface area contributed by atoms with Crippen LogP contribution in [0.25, 0.3) is 0 Å². The fourth-order valence-corrected chi connectivity index (χ4v) is 3.17. The van der Waals surface area contributed by atoms with Crippen molar-refractivity contribution in [3.05, 3.63) is 76.6 Å². The lowest BCUT2D eigenvalue weighted by Gasteiger charge is -2.14. The number of methoxy groups -OCH3 is 1. The molecule has 0 atom stereocenters. The van der Waals surface area contributed by atoms with Gasteiger partial charge in [-0.05, 0) is 43.5 Å². The summed E-state index contributed by atoms with van der Waals surface area (Å²) < 4.78 is 5.37. The summed E-state index contributed by atoms with van der Waals surface area (Å²) in [7, 11) is 1.64. The van der Waals surface area contributed by atoms with Crippen LogP contribution in [0.4, 0.5) is 11.6 Å². The average molecular weight is 390 g/mol. The molecule has 29 heavy (non-hydrogen) atoms. The molecule has 2 N–H and O–H groups in total. The van der Waals surface area contributed by atoms with Gasteiger partial charge in [-0.15, -0.1) is 0 Å². The number of aromatic nitrogens is 2. The van der Waals surface area contributed by atoms with E-state index in [4.69, 9.17) is 4.74 Å². The van der Waals surface area contributed by atoms with Crippen molar-refractivity contribution in [2.24, 2.45) is 0 Å². The highest BCUT2D eigenvalue weighted by Gasteiger charge is 2.14. The number of para-hydroxylation sites is 2. The summed E-state index contributed by atoms with van der Waals surface area (Å²) in [4.78, 5) is 21.7. The van der Waals surface area contributed by atoms with Crippen LogP contribution in [0.2, 0.25) is 0 Å². The van der Waals surface area contributed by atoms with E-state index < -0.39 is 0 Å². The van der Waals surface area contributed by atoms with Gasteiger partial charge in [-0.3, -0.25) is 4.79 Å². The number of nitrogens with zero attached hydrogens (tertiary/aromatic N) is 2. The third kappa shape index (κ3) is 4.90. The highest BCUT2D eigenvalue weighted by atomic mass is 16.5. The van der Waals surface area contributed by atoms with Gasteiger partial charge in [0, 0.05) is 23.5 Å². The second-order valence-electron chi connectivity index (χ2n) is 6.80. The number of amides is 1. The van der Waals surface area contributed by atoms with Crippen molar-refractivity contribution in [2.75, 3.05) is 17.7 Å². The third-order valence-electron chi connectivity index (χ3n) is 4.69. The van der Waals surface area contributed by atoms with Gasteiger partial charge in [-0.1, -0.05) is 43.3 Å². The van der Waals surface area contributed by atoms with E-state index in [9.17, 15) is 4.79 Å². The Kier molecular flexibility index (Phi) is 6.44. The van der Waals surface area contributed by atoms with Crippen LogP contribution in [-0.4, -0.2) is 23.0 Å². The van der Waals surface area contributed by atoms with Crippen molar-refractivity contribution in [1.82, 2.24) is 9.97 Å². The number of carbonyl (C=O) groups excluding carboxylic acids is 1. The largest absolute Gasteiger partial charge is 0.496 e. The Balaban J connectivity index is 1.79. The summed E-state index contributed by atoms with van der Waals surface area (Å²) in [5, 5.41) is 6.20. The monoisotopic (exact) mass is 390 g/mol. The number of rotatable bonds is 7. The highest BCUT2D eigenvalue weighted by Crippen LogP contribution is 2.22. The highest BCUT2D eigenvalue weighted by molar-refractivity contribution is 6.04. The Hall–Kier alpha value is -3.41. The molecule has 1 aromatic heterocycles. The molecule has 6 nitrogen and oxygen atoms in total. The van der Waals surface area contributed by atoms with E-state index in [-0.39, 0.29) is 5.91 Å². The van der Waals surface area contributed by atoms with Gasteiger partial charge in [-0.2, -0.15) is 0 Å². The lowest BCUT2D eigenvalue weighted by Crippen LogP contribution is -2.17. The van der Waals surface area contributed by atoms with Crippen molar-refractivity contribution in [3.8, 4) is 5.75 Å². The summed E-state index contributed by atoms with van der Waals surface area (Å²) in [6, 6.07) is 15.4. The molecule has 1 heterocycles. The third-order valence-corrected chi connectivity index (χ3v) is 4.69. The average Bonchev–Trinajstić information content (AvgIpc) is 2.73. The van der Waals surface area contributed by atoms with Crippen LogP contribution < -0.4 is 15.4 Å². The molecule has 0 aliphatic rings. The number of ether oxygens (including phenoxy) is 1. The molecule has 0 unspecified atom stereocenters. The van der Waals surface area contributed by atoms with Crippen LogP contribution in [0, 0.1) is 13.8 Å². The van der Waals surface area contributed by atoms with Gasteiger partial charge in [0.05, 0.1) is 7.11 Å². The van der Waals surface area contributed by atoms with Gasteiger partial charge in [0.25, 0.3) is 5.91 Å². The maximum absolute atomic E-state index is 12.9. The lowest BCUT2D eigenvalue weighted by atomic mass is 10.1. The van der Waals surface area contributed by atoms with Crippen LogP contribution >= 0.6 is 0 Å². The number of carbonyl (C=O) groups is 1. The van der Waals surface area contributed by atoms with E-state index in [1.807, 2.05) is 56.3 Å². The van der Waals surface area contributed by atoms with Crippen LogP contribution in [-0.2, 0) is 13.0 Å². The zero-order chi connectivity index (χ0) is 20.8. The van der Waals surface area contributed by atoms with E-state index >= 15 is 0 Å². The van der Waals surface area contributed by atoms with Crippen molar-refractivity contribution in [3.63, 3.8) is 0 Å². The number of aryl methyl sites for hydroxylation is 3. The van der Waals surface area contributed by atoms with E-state index in [2.05, 4.69) is 27.5 Å². The van der Waals surface area contributed by atoms with Gasteiger partial charge in [0.2, 0.25) is 5.95 Å². The second kappa shape index (κ2) is 9.19. The number of hydrogen-bond acceptors (Lipinski definition) is 5. The van der Waals surface area contributed by atoms with E-state index in [0.717, 1.165) is 34.5 Å². The zero-order valence-electron chi connectivity index (χ0n) is 17.2. The summed E-state index contributed by atoms with van der Waals surface area (Å²) in [5.74, 6) is 0.943. The van der Waals surface area contributed by atoms with Gasteiger partial charge in [0.15, 0.2) is 0 Å². The molecule has 1 amide bonds. The predicted octanol–water partition coefficient (Wildman–Crippen LogP) is 4.53. The summed E-state index contributed by atoms with van der Waals surface area (Å²) >= 11 is 0.